The summed E-state index contributed by atoms with van der Waals surface area (Å²) in [4.78, 5) is 4.51. The summed E-state index contributed by atoms with van der Waals surface area (Å²) in [5.74, 6) is 0.648. The molecule has 3 nitrogen and oxygen atoms in total. The van der Waals surface area contributed by atoms with Gasteiger partial charge in [0.2, 0.25) is 5.88 Å². The fourth-order valence-corrected chi connectivity index (χ4v) is 2.30. The minimum Gasteiger partial charge on any atom is -0.481 e. The summed E-state index contributed by atoms with van der Waals surface area (Å²) < 4.78 is 5.36. The zero-order chi connectivity index (χ0) is 11.9. The molecule has 88 valence electrons. The Hall–Kier alpha value is -1.61. The van der Waals surface area contributed by atoms with Crippen molar-refractivity contribution in [2.45, 2.75) is 18.3 Å². The molecule has 3 heteroatoms. The third kappa shape index (κ3) is 1.58. The van der Waals surface area contributed by atoms with Gasteiger partial charge in [0.1, 0.15) is 0 Å². The van der Waals surface area contributed by atoms with Crippen LogP contribution in [0.5, 0.6) is 5.88 Å². The topological polar surface area (TPSA) is 42.4 Å². The van der Waals surface area contributed by atoms with E-state index >= 15 is 0 Å². The minimum atomic E-state index is -0.109. The molecule has 0 radical (unpaired) electrons. The third-order valence-electron chi connectivity index (χ3n) is 3.61. The van der Waals surface area contributed by atoms with Crippen molar-refractivity contribution < 1.29 is 9.84 Å². The number of aliphatic hydroxyl groups excluding tert-OH is 1. The third-order valence-corrected chi connectivity index (χ3v) is 3.61. The van der Waals surface area contributed by atoms with E-state index in [1.807, 2.05) is 24.3 Å². The molecule has 0 saturated heterocycles. The molecule has 0 spiro atoms. The molecule has 1 fully saturated rings. The van der Waals surface area contributed by atoms with Crippen LogP contribution in [0.4, 0.5) is 0 Å². The van der Waals surface area contributed by atoms with Crippen LogP contribution in [0.3, 0.4) is 0 Å². The van der Waals surface area contributed by atoms with Crippen LogP contribution < -0.4 is 4.74 Å². The average Bonchev–Trinajstić information content (AvgIpc) is 3.18. The maximum atomic E-state index is 9.52. The van der Waals surface area contributed by atoms with Crippen molar-refractivity contribution in [1.29, 1.82) is 0 Å². The van der Waals surface area contributed by atoms with Gasteiger partial charge in [0.25, 0.3) is 0 Å². The smallest absolute Gasteiger partial charge is 0.217 e. The minimum absolute atomic E-state index is 0.109. The van der Waals surface area contributed by atoms with Gasteiger partial charge in [-0.15, -0.1) is 0 Å². The summed E-state index contributed by atoms with van der Waals surface area (Å²) >= 11 is 0. The maximum absolute atomic E-state index is 9.52. The second-order valence-electron chi connectivity index (χ2n) is 4.68. The normalized spacial score (nSPS) is 17.1. The van der Waals surface area contributed by atoms with Crippen LogP contribution in [-0.4, -0.2) is 23.8 Å². The number of para-hydroxylation sites is 1. The molecule has 0 amide bonds. The number of aliphatic hydroxyl groups is 1. The number of pyridine rings is 1. The second kappa shape index (κ2) is 3.70. The molecular weight excluding hydrogens is 214 g/mol. The SMILES string of the molecule is COc1nc2ccccc2cc1C1(CO)CC1. The number of aromatic nitrogens is 1. The summed E-state index contributed by atoms with van der Waals surface area (Å²) in [5, 5.41) is 10.6. The summed E-state index contributed by atoms with van der Waals surface area (Å²) in [5.41, 5.74) is 1.87. The number of ether oxygens (including phenoxy) is 1. The number of methoxy groups -OCH3 is 1. The van der Waals surface area contributed by atoms with Gasteiger partial charge >= 0.3 is 0 Å². The Morgan fingerprint density at radius 2 is 2.12 bits per heavy atom. The Morgan fingerprint density at radius 3 is 2.76 bits per heavy atom. The van der Waals surface area contributed by atoms with Gasteiger partial charge in [0.15, 0.2) is 0 Å². The molecule has 0 unspecified atom stereocenters. The Bertz CT molecular complexity index is 561. The van der Waals surface area contributed by atoms with Gasteiger partial charge in [-0.1, -0.05) is 18.2 Å². The van der Waals surface area contributed by atoms with Crippen molar-refractivity contribution in [3.63, 3.8) is 0 Å². The molecule has 1 N–H and O–H groups in total. The van der Waals surface area contributed by atoms with Gasteiger partial charge in [-0.2, -0.15) is 0 Å². The van der Waals surface area contributed by atoms with Crippen molar-refractivity contribution in [2.24, 2.45) is 0 Å². The van der Waals surface area contributed by atoms with E-state index in [0.29, 0.717) is 5.88 Å². The predicted molar refractivity (Wildman–Crippen MR) is 66.3 cm³/mol. The first kappa shape index (κ1) is 10.5. The molecule has 2 aromatic rings. The lowest BCUT2D eigenvalue weighted by Gasteiger charge is -2.16. The largest absolute Gasteiger partial charge is 0.481 e. The van der Waals surface area contributed by atoms with Crippen LogP contribution in [0.2, 0.25) is 0 Å². The summed E-state index contributed by atoms with van der Waals surface area (Å²) in [6.07, 6.45) is 2.03. The summed E-state index contributed by atoms with van der Waals surface area (Å²) in [7, 11) is 1.63. The second-order valence-corrected chi connectivity index (χ2v) is 4.68. The van der Waals surface area contributed by atoms with E-state index in [0.717, 1.165) is 29.3 Å². The van der Waals surface area contributed by atoms with Crippen LogP contribution in [0.15, 0.2) is 30.3 Å². The number of benzene rings is 1. The first-order chi connectivity index (χ1) is 8.29. The molecular formula is C14H15NO2. The van der Waals surface area contributed by atoms with Gasteiger partial charge in [-0.25, -0.2) is 4.98 Å². The van der Waals surface area contributed by atoms with E-state index in [1.54, 1.807) is 7.11 Å². The molecule has 1 aromatic heterocycles. The number of fused-ring (bicyclic) bond motifs is 1. The van der Waals surface area contributed by atoms with Crippen molar-refractivity contribution in [2.75, 3.05) is 13.7 Å². The van der Waals surface area contributed by atoms with E-state index in [-0.39, 0.29) is 12.0 Å². The lowest BCUT2D eigenvalue weighted by atomic mass is 9.96. The van der Waals surface area contributed by atoms with E-state index in [9.17, 15) is 5.11 Å². The molecule has 0 aliphatic heterocycles. The molecule has 1 heterocycles. The average molecular weight is 229 g/mol. The van der Waals surface area contributed by atoms with Crippen molar-refractivity contribution >= 4 is 10.9 Å². The fraction of sp³-hybridized carbons (Fsp3) is 0.357. The fourth-order valence-electron chi connectivity index (χ4n) is 2.30. The van der Waals surface area contributed by atoms with Crippen LogP contribution in [0.1, 0.15) is 18.4 Å². The van der Waals surface area contributed by atoms with Gasteiger partial charge in [0.05, 0.1) is 19.2 Å². The predicted octanol–water partition coefficient (Wildman–Crippen LogP) is 2.27. The quantitative estimate of drug-likeness (QED) is 0.877. The summed E-state index contributed by atoms with van der Waals surface area (Å²) in [6, 6.07) is 10.1. The lowest BCUT2D eigenvalue weighted by molar-refractivity contribution is 0.250. The number of hydrogen-bond donors (Lipinski definition) is 1. The maximum Gasteiger partial charge on any atom is 0.217 e. The molecule has 17 heavy (non-hydrogen) atoms. The van der Waals surface area contributed by atoms with Crippen molar-refractivity contribution in [3.8, 4) is 5.88 Å². The van der Waals surface area contributed by atoms with Gasteiger partial charge in [0, 0.05) is 16.4 Å². The van der Waals surface area contributed by atoms with E-state index < -0.39 is 0 Å². The first-order valence-corrected chi connectivity index (χ1v) is 5.84. The molecule has 1 saturated carbocycles. The molecule has 0 atom stereocenters. The Labute approximate surface area is 100 Å². The van der Waals surface area contributed by atoms with Crippen molar-refractivity contribution in [1.82, 2.24) is 4.98 Å². The van der Waals surface area contributed by atoms with Gasteiger partial charge < -0.3 is 9.84 Å². The highest BCUT2D eigenvalue weighted by Gasteiger charge is 2.46. The monoisotopic (exact) mass is 229 g/mol. The lowest BCUT2D eigenvalue weighted by Crippen LogP contribution is -2.14. The molecule has 0 bridgehead atoms. The Morgan fingerprint density at radius 1 is 1.35 bits per heavy atom. The zero-order valence-electron chi connectivity index (χ0n) is 9.81. The Balaban J connectivity index is 2.22. The van der Waals surface area contributed by atoms with Crippen LogP contribution >= 0.6 is 0 Å². The summed E-state index contributed by atoms with van der Waals surface area (Å²) in [6.45, 7) is 0.170. The number of rotatable bonds is 3. The van der Waals surface area contributed by atoms with E-state index in [2.05, 4.69) is 11.1 Å². The molecule has 1 aliphatic carbocycles. The number of nitrogens with zero attached hydrogens (tertiary/aromatic N) is 1. The number of hydrogen-bond acceptors (Lipinski definition) is 3. The van der Waals surface area contributed by atoms with Gasteiger partial charge in [-0.05, 0) is 25.0 Å². The van der Waals surface area contributed by atoms with Crippen LogP contribution in [-0.2, 0) is 5.41 Å². The first-order valence-electron chi connectivity index (χ1n) is 5.84. The van der Waals surface area contributed by atoms with Crippen molar-refractivity contribution in [3.05, 3.63) is 35.9 Å². The van der Waals surface area contributed by atoms with Gasteiger partial charge in [-0.3, -0.25) is 0 Å². The molecule has 1 aromatic carbocycles. The van der Waals surface area contributed by atoms with E-state index in [1.165, 1.54) is 0 Å². The highest BCUT2D eigenvalue weighted by Crippen LogP contribution is 2.50. The Kier molecular flexibility index (Phi) is 2.30. The van der Waals surface area contributed by atoms with E-state index in [4.69, 9.17) is 4.74 Å². The highest BCUT2D eigenvalue weighted by molar-refractivity contribution is 5.80. The highest BCUT2D eigenvalue weighted by atomic mass is 16.5. The zero-order valence-corrected chi connectivity index (χ0v) is 9.81. The molecule has 3 rings (SSSR count). The van der Waals surface area contributed by atoms with Crippen LogP contribution in [0, 0.1) is 0 Å². The van der Waals surface area contributed by atoms with Crippen LogP contribution in [0.25, 0.3) is 10.9 Å². The standard InChI is InChI=1S/C14H15NO2/c1-17-13-11(14(9-16)6-7-14)8-10-4-2-3-5-12(10)15-13/h2-5,8,16H,6-7,9H2,1H3. The molecule has 1 aliphatic rings.